The highest BCUT2D eigenvalue weighted by Gasteiger charge is 2.30. The molecule has 0 amide bonds. The summed E-state index contributed by atoms with van der Waals surface area (Å²) in [6, 6.07) is 11.8. The Bertz CT molecular complexity index is 998. The van der Waals surface area contributed by atoms with Gasteiger partial charge in [-0.2, -0.15) is 0 Å². The first-order chi connectivity index (χ1) is 13.5. The van der Waals surface area contributed by atoms with E-state index in [2.05, 4.69) is 52.3 Å². The van der Waals surface area contributed by atoms with Gasteiger partial charge in [-0.3, -0.25) is 15.3 Å². The van der Waals surface area contributed by atoms with Crippen molar-refractivity contribution < 1.29 is 9.84 Å². The molecule has 2 heterocycles. The Morgan fingerprint density at radius 2 is 2.00 bits per heavy atom. The maximum atomic E-state index is 11.2. The minimum Gasteiger partial charge on any atom is -0.475 e. The number of hydrogen-bond acceptors (Lipinski definition) is 6. The van der Waals surface area contributed by atoms with Crippen LogP contribution >= 0.6 is 0 Å². The lowest BCUT2D eigenvalue weighted by Gasteiger charge is -2.36. The number of nitrogens with one attached hydrogen (secondary N) is 2. The zero-order valence-corrected chi connectivity index (χ0v) is 16.4. The molecule has 28 heavy (non-hydrogen) atoms. The second-order valence-electron chi connectivity index (χ2n) is 6.86. The van der Waals surface area contributed by atoms with Crippen LogP contribution in [0.1, 0.15) is 37.9 Å². The van der Waals surface area contributed by atoms with E-state index in [1.807, 2.05) is 19.1 Å². The summed E-state index contributed by atoms with van der Waals surface area (Å²) >= 11 is 0. The van der Waals surface area contributed by atoms with Gasteiger partial charge in [0.1, 0.15) is 12.8 Å². The summed E-state index contributed by atoms with van der Waals surface area (Å²) < 4.78 is 5.48. The van der Waals surface area contributed by atoms with Crippen molar-refractivity contribution in [1.82, 2.24) is 20.3 Å². The zero-order chi connectivity index (χ0) is 20.1. The van der Waals surface area contributed by atoms with Gasteiger partial charge in [0.05, 0.1) is 5.52 Å². The van der Waals surface area contributed by atoms with Crippen molar-refractivity contribution in [3.63, 3.8) is 0 Å². The van der Waals surface area contributed by atoms with Gasteiger partial charge in [0.2, 0.25) is 0 Å². The summed E-state index contributed by atoms with van der Waals surface area (Å²) in [5.41, 5.74) is 2.13. The molecule has 1 atom stereocenters. The average Bonchev–Trinajstić information content (AvgIpc) is 2.70. The molecule has 3 rings (SSSR count). The van der Waals surface area contributed by atoms with E-state index in [0.717, 1.165) is 35.0 Å². The van der Waals surface area contributed by atoms with Gasteiger partial charge in [-0.05, 0) is 43.5 Å². The highest BCUT2D eigenvalue weighted by Crippen LogP contribution is 2.31. The first-order valence-corrected chi connectivity index (χ1v) is 9.47. The number of rotatable bonds is 8. The molecule has 2 aromatic heterocycles. The van der Waals surface area contributed by atoms with Crippen LogP contribution < -0.4 is 15.7 Å². The largest absolute Gasteiger partial charge is 0.475 e. The molecule has 7 heteroatoms. The van der Waals surface area contributed by atoms with Crippen molar-refractivity contribution in [2.45, 2.75) is 45.4 Å². The van der Waals surface area contributed by atoms with Crippen LogP contribution in [0.3, 0.4) is 0 Å². The highest BCUT2D eigenvalue weighted by molar-refractivity contribution is 5.79. The number of fused-ring (bicyclic) bond motifs is 1. The molecular weight excluding hydrogens is 356 g/mol. The summed E-state index contributed by atoms with van der Waals surface area (Å²) in [6.45, 7) is 6.14. The van der Waals surface area contributed by atoms with Gasteiger partial charge in [-0.15, -0.1) is 0 Å². The molecule has 0 radical (unpaired) electrons. The molecule has 0 saturated carbocycles. The first kappa shape index (κ1) is 20.0. The van der Waals surface area contributed by atoms with Crippen molar-refractivity contribution in [1.29, 1.82) is 0 Å². The Labute approximate surface area is 163 Å². The summed E-state index contributed by atoms with van der Waals surface area (Å²) in [5.74, 6) is 0.270. The molecule has 1 aromatic carbocycles. The Morgan fingerprint density at radius 3 is 2.71 bits per heavy atom. The van der Waals surface area contributed by atoms with Crippen LogP contribution in [0.25, 0.3) is 10.9 Å². The molecule has 0 bridgehead atoms. The maximum Gasteiger partial charge on any atom is 0.347 e. The highest BCUT2D eigenvalue weighted by atomic mass is 16.5. The number of H-pyrrole nitrogens is 1. The lowest BCUT2D eigenvalue weighted by Crippen LogP contribution is -2.49. The Balaban J connectivity index is 1.79. The van der Waals surface area contributed by atoms with Gasteiger partial charge in [-0.25, -0.2) is 9.78 Å². The Hall–Kier alpha value is -2.77. The summed E-state index contributed by atoms with van der Waals surface area (Å²) in [6.07, 6.45) is 2.03. The van der Waals surface area contributed by atoms with E-state index in [9.17, 15) is 9.90 Å². The lowest BCUT2D eigenvalue weighted by molar-refractivity contribution is 0.0407. The molecule has 1 unspecified atom stereocenters. The fourth-order valence-electron chi connectivity index (χ4n) is 3.44. The molecule has 148 valence electrons. The van der Waals surface area contributed by atoms with Crippen LogP contribution in [0.2, 0.25) is 0 Å². The second-order valence-corrected chi connectivity index (χ2v) is 6.86. The second kappa shape index (κ2) is 8.50. The monoisotopic (exact) mass is 382 g/mol. The predicted octanol–water partition coefficient (Wildman–Crippen LogP) is 2.63. The summed E-state index contributed by atoms with van der Waals surface area (Å²) in [4.78, 5) is 21.8. The minimum atomic E-state index is -0.914. The van der Waals surface area contributed by atoms with Crippen molar-refractivity contribution in [2.75, 3.05) is 6.61 Å². The van der Waals surface area contributed by atoms with E-state index in [1.165, 1.54) is 6.20 Å². The summed E-state index contributed by atoms with van der Waals surface area (Å²) in [5, 5.41) is 14.9. The van der Waals surface area contributed by atoms with E-state index >= 15 is 0 Å². The van der Waals surface area contributed by atoms with Gasteiger partial charge < -0.3 is 9.84 Å². The number of nitrogens with zero attached hydrogens (tertiary/aromatic N) is 2. The van der Waals surface area contributed by atoms with Crippen molar-refractivity contribution in [3.8, 4) is 5.88 Å². The smallest absolute Gasteiger partial charge is 0.347 e. The lowest BCUT2D eigenvalue weighted by atomic mass is 9.84. The van der Waals surface area contributed by atoms with Gasteiger partial charge >= 0.3 is 5.69 Å². The van der Waals surface area contributed by atoms with Gasteiger partial charge in [0.15, 0.2) is 5.88 Å². The molecule has 7 nitrogen and oxygen atoms in total. The minimum absolute atomic E-state index is 0.00393. The Kier molecular flexibility index (Phi) is 6.06. The third-order valence-corrected chi connectivity index (χ3v) is 5.08. The molecule has 0 spiro atoms. The number of aromatic nitrogens is 3. The molecule has 0 saturated heterocycles. The van der Waals surface area contributed by atoms with Crippen molar-refractivity contribution in [2.24, 2.45) is 0 Å². The number of ether oxygens (including phenoxy) is 1. The van der Waals surface area contributed by atoms with E-state index < -0.39 is 17.5 Å². The number of aliphatic hydroxyl groups excluding tert-OH is 1. The third-order valence-electron chi connectivity index (χ3n) is 5.08. The number of pyridine rings is 1. The van der Waals surface area contributed by atoms with E-state index in [1.54, 1.807) is 6.07 Å². The molecule has 3 aromatic rings. The standard InChI is InChI=1S/C21H26N4O3/c1-4-21(5-2,16-8-9-17-15(12-16)7-6-14(3)23-17)25-18(26)13-28-19-10-11-22-20(27)24-19/h6-12,18,25-26H,4-5,13H2,1-3H3,(H,22,24,27). The number of benzene rings is 1. The molecular formula is C21H26N4O3. The molecule has 0 aliphatic carbocycles. The van der Waals surface area contributed by atoms with Crippen LogP contribution in [-0.2, 0) is 5.54 Å². The van der Waals surface area contributed by atoms with Crippen LogP contribution in [0.15, 0.2) is 47.4 Å². The first-order valence-electron chi connectivity index (χ1n) is 9.47. The number of hydrogen-bond donors (Lipinski definition) is 3. The Morgan fingerprint density at radius 1 is 1.21 bits per heavy atom. The van der Waals surface area contributed by atoms with Crippen LogP contribution in [0, 0.1) is 6.92 Å². The topological polar surface area (TPSA) is 100 Å². The maximum absolute atomic E-state index is 11.2. The van der Waals surface area contributed by atoms with Gasteiger partial charge in [0.25, 0.3) is 0 Å². The average molecular weight is 382 g/mol. The molecule has 0 aliphatic rings. The predicted molar refractivity (Wildman–Crippen MR) is 108 cm³/mol. The number of aliphatic hydroxyl groups is 1. The fraction of sp³-hybridized carbons (Fsp3) is 0.381. The van der Waals surface area contributed by atoms with Crippen LogP contribution in [0.4, 0.5) is 0 Å². The van der Waals surface area contributed by atoms with Crippen LogP contribution in [0.5, 0.6) is 5.88 Å². The van der Waals surface area contributed by atoms with Crippen molar-refractivity contribution >= 4 is 10.9 Å². The van der Waals surface area contributed by atoms with E-state index in [-0.39, 0.29) is 12.5 Å². The van der Waals surface area contributed by atoms with Gasteiger partial charge in [-0.1, -0.05) is 26.0 Å². The van der Waals surface area contributed by atoms with Crippen molar-refractivity contribution in [3.05, 3.63) is 64.3 Å². The zero-order valence-electron chi connectivity index (χ0n) is 16.4. The SMILES string of the molecule is CCC(CC)(NC(O)COc1ccnc(=O)[nH]1)c1ccc2nc(C)ccc2c1. The number of aromatic amines is 1. The fourth-order valence-corrected chi connectivity index (χ4v) is 3.44. The van der Waals surface area contributed by atoms with Crippen LogP contribution in [-0.4, -0.2) is 32.9 Å². The molecule has 3 N–H and O–H groups in total. The third kappa shape index (κ3) is 4.37. The summed E-state index contributed by atoms with van der Waals surface area (Å²) in [7, 11) is 0. The van der Waals surface area contributed by atoms with Gasteiger partial charge in [0, 0.05) is 28.9 Å². The molecule has 0 aliphatic heterocycles. The normalized spacial score (nSPS) is 12.9. The molecule has 0 fully saturated rings. The van der Waals surface area contributed by atoms with E-state index in [0.29, 0.717) is 0 Å². The van der Waals surface area contributed by atoms with E-state index in [4.69, 9.17) is 4.74 Å². The quantitative estimate of drug-likeness (QED) is 0.518. The number of aryl methyl sites for hydroxylation is 1.